The summed E-state index contributed by atoms with van der Waals surface area (Å²) in [5, 5.41) is 18.5. The highest BCUT2D eigenvalue weighted by Crippen LogP contribution is 2.29. The number of nitrogens with zero attached hydrogens (tertiary/aromatic N) is 5. The van der Waals surface area contributed by atoms with Gasteiger partial charge in [0.15, 0.2) is 17.5 Å². The first-order valence-electron chi connectivity index (χ1n) is 8.20. The second-order valence-corrected chi connectivity index (χ2v) is 6.28. The van der Waals surface area contributed by atoms with Gasteiger partial charge in [0.05, 0.1) is 18.7 Å². The lowest BCUT2D eigenvalue weighted by atomic mass is 10.0. The van der Waals surface area contributed by atoms with Crippen LogP contribution in [-0.4, -0.2) is 43.0 Å². The van der Waals surface area contributed by atoms with E-state index in [-0.39, 0.29) is 36.7 Å². The van der Waals surface area contributed by atoms with Gasteiger partial charge < -0.3 is 14.7 Å². The Balaban J connectivity index is 1.68. The standard InChI is InChI=1S/C16H13F6N5O2/c17-10-6-12(19)11(18)4-8(10)3-9(25-29)5-14(28)26-1-2-27-13(7-26)23-24-15(27)16(20,21)22/h4,6,29H,1-3,5,7H2/b25-9+. The van der Waals surface area contributed by atoms with E-state index in [0.29, 0.717) is 12.1 Å². The summed E-state index contributed by atoms with van der Waals surface area (Å²) in [7, 11) is 0. The molecule has 0 atom stereocenters. The number of aromatic nitrogens is 3. The number of hydrogen-bond donors (Lipinski definition) is 1. The van der Waals surface area contributed by atoms with E-state index in [1.165, 1.54) is 4.90 Å². The van der Waals surface area contributed by atoms with Gasteiger partial charge in [0.2, 0.25) is 11.7 Å². The van der Waals surface area contributed by atoms with Gasteiger partial charge in [-0.25, -0.2) is 13.2 Å². The lowest BCUT2D eigenvalue weighted by Gasteiger charge is -2.28. The fraction of sp³-hybridized carbons (Fsp3) is 0.375. The largest absolute Gasteiger partial charge is 0.451 e. The van der Waals surface area contributed by atoms with Crippen molar-refractivity contribution < 1.29 is 36.3 Å². The molecular weight excluding hydrogens is 408 g/mol. The quantitative estimate of drug-likeness (QED) is 0.270. The van der Waals surface area contributed by atoms with Crippen molar-refractivity contribution in [1.29, 1.82) is 0 Å². The number of halogens is 6. The molecule has 0 unspecified atom stereocenters. The van der Waals surface area contributed by atoms with Crippen LogP contribution >= 0.6 is 0 Å². The zero-order valence-corrected chi connectivity index (χ0v) is 14.5. The highest BCUT2D eigenvalue weighted by molar-refractivity contribution is 6.01. The van der Waals surface area contributed by atoms with Crippen LogP contribution in [0.3, 0.4) is 0 Å². The van der Waals surface area contributed by atoms with Crippen LogP contribution in [0.1, 0.15) is 23.6 Å². The molecule has 3 rings (SSSR count). The van der Waals surface area contributed by atoms with Crippen LogP contribution in [0.4, 0.5) is 26.3 Å². The van der Waals surface area contributed by atoms with Gasteiger partial charge in [-0.05, 0) is 11.6 Å². The van der Waals surface area contributed by atoms with E-state index in [2.05, 4.69) is 15.4 Å². The summed E-state index contributed by atoms with van der Waals surface area (Å²) < 4.78 is 79.4. The molecule has 1 aromatic heterocycles. The maximum atomic E-state index is 13.7. The van der Waals surface area contributed by atoms with Crippen LogP contribution in [0.25, 0.3) is 0 Å². The molecule has 0 spiro atoms. The van der Waals surface area contributed by atoms with Gasteiger partial charge in [-0.3, -0.25) is 4.79 Å². The van der Waals surface area contributed by atoms with Crippen LogP contribution < -0.4 is 0 Å². The Morgan fingerprint density at radius 3 is 2.45 bits per heavy atom. The molecule has 0 bridgehead atoms. The van der Waals surface area contributed by atoms with Gasteiger partial charge in [0.25, 0.3) is 0 Å². The molecule has 13 heteroatoms. The summed E-state index contributed by atoms with van der Waals surface area (Å²) >= 11 is 0. The summed E-state index contributed by atoms with van der Waals surface area (Å²) in [6.07, 6.45) is -5.65. The smallest absolute Gasteiger partial charge is 0.411 e. The number of alkyl halides is 3. The Kier molecular flexibility index (Phi) is 5.48. The maximum absolute atomic E-state index is 13.7. The minimum atomic E-state index is -4.68. The number of hydrogen-bond acceptors (Lipinski definition) is 5. The van der Waals surface area contributed by atoms with Crippen molar-refractivity contribution in [1.82, 2.24) is 19.7 Å². The SMILES string of the molecule is O=C(C/C(Cc1cc(F)c(F)cc1F)=N/O)N1CCn2c(nnc2C(F)(F)F)C1. The van der Waals surface area contributed by atoms with Crippen LogP contribution in [0, 0.1) is 17.5 Å². The van der Waals surface area contributed by atoms with Crippen LogP contribution in [0.5, 0.6) is 0 Å². The summed E-state index contributed by atoms with van der Waals surface area (Å²) in [5.74, 6) is -5.62. The maximum Gasteiger partial charge on any atom is 0.451 e. The highest BCUT2D eigenvalue weighted by Gasteiger charge is 2.40. The van der Waals surface area contributed by atoms with E-state index in [0.717, 1.165) is 4.57 Å². The summed E-state index contributed by atoms with van der Waals surface area (Å²) in [4.78, 5) is 13.6. The molecule has 0 radical (unpaired) electrons. The third kappa shape index (κ3) is 4.32. The van der Waals surface area contributed by atoms with E-state index in [1.54, 1.807) is 0 Å². The molecule has 0 aliphatic carbocycles. The molecule has 29 heavy (non-hydrogen) atoms. The fourth-order valence-electron chi connectivity index (χ4n) is 2.92. The average molecular weight is 421 g/mol. The molecule has 0 fully saturated rings. The number of carbonyl (C=O) groups excluding carboxylic acids is 1. The van der Waals surface area contributed by atoms with E-state index in [1.807, 2.05) is 0 Å². The molecular formula is C16H13F6N5O2. The second kappa shape index (κ2) is 7.72. The average Bonchev–Trinajstić information content (AvgIpc) is 3.08. The molecule has 2 aromatic rings. The zero-order chi connectivity index (χ0) is 21.3. The van der Waals surface area contributed by atoms with Crippen molar-refractivity contribution in [2.45, 2.75) is 32.1 Å². The minimum Gasteiger partial charge on any atom is -0.411 e. The van der Waals surface area contributed by atoms with Gasteiger partial charge in [-0.15, -0.1) is 10.2 Å². The number of oxime groups is 1. The summed E-state index contributed by atoms with van der Waals surface area (Å²) in [6.45, 7) is -0.516. The Morgan fingerprint density at radius 1 is 1.10 bits per heavy atom. The molecule has 2 heterocycles. The first-order chi connectivity index (χ1) is 13.6. The van der Waals surface area contributed by atoms with Gasteiger partial charge >= 0.3 is 6.18 Å². The topological polar surface area (TPSA) is 83.6 Å². The fourth-order valence-corrected chi connectivity index (χ4v) is 2.92. The number of fused-ring (bicyclic) bond motifs is 1. The van der Waals surface area contributed by atoms with Crippen molar-refractivity contribution >= 4 is 11.6 Å². The van der Waals surface area contributed by atoms with Gasteiger partial charge in [0.1, 0.15) is 5.82 Å². The molecule has 1 aromatic carbocycles. The van der Waals surface area contributed by atoms with Crippen molar-refractivity contribution in [3.63, 3.8) is 0 Å². The van der Waals surface area contributed by atoms with Crippen LogP contribution in [-0.2, 0) is 30.5 Å². The van der Waals surface area contributed by atoms with Gasteiger partial charge in [0, 0.05) is 25.6 Å². The molecule has 7 nitrogen and oxygen atoms in total. The second-order valence-electron chi connectivity index (χ2n) is 6.28. The first-order valence-corrected chi connectivity index (χ1v) is 8.20. The summed E-state index contributed by atoms with van der Waals surface area (Å²) in [6, 6.07) is 0.916. The molecule has 1 aliphatic heterocycles. The summed E-state index contributed by atoms with van der Waals surface area (Å²) in [5.41, 5.74) is -0.555. The van der Waals surface area contributed by atoms with Crippen LogP contribution in [0.15, 0.2) is 17.3 Å². The lowest BCUT2D eigenvalue weighted by molar-refractivity contribution is -0.148. The third-order valence-corrected chi connectivity index (χ3v) is 4.34. The molecule has 0 saturated carbocycles. The van der Waals surface area contributed by atoms with Gasteiger partial charge in [-0.1, -0.05) is 5.16 Å². The Bertz CT molecular complexity index is 971. The molecule has 0 saturated heterocycles. The lowest BCUT2D eigenvalue weighted by Crippen LogP contribution is -2.40. The van der Waals surface area contributed by atoms with Crippen molar-refractivity contribution in [3.05, 3.63) is 46.8 Å². The molecule has 1 aliphatic rings. The Hall–Kier alpha value is -3.12. The van der Waals surface area contributed by atoms with E-state index >= 15 is 0 Å². The van der Waals surface area contributed by atoms with Crippen molar-refractivity contribution in [2.24, 2.45) is 5.16 Å². The predicted octanol–water partition coefficient (Wildman–Crippen LogP) is 2.52. The third-order valence-electron chi connectivity index (χ3n) is 4.34. The number of amides is 1. The molecule has 1 amide bonds. The Labute approximate surface area is 159 Å². The van der Waals surface area contributed by atoms with E-state index < -0.39 is 48.2 Å². The first kappa shape index (κ1) is 20.6. The highest BCUT2D eigenvalue weighted by atomic mass is 19.4. The minimum absolute atomic E-state index is 0.0638. The Morgan fingerprint density at radius 2 is 1.79 bits per heavy atom. The molecule has 156 valence electrons. The number of benzene rings is 1. The predicted molar refractivity (Wildman–Crippen MR) is 84.3 cm³/mol. The van der Waals surface area contributed by atoms with Crippen molar-refractivity contribution in [3.8, 4) is 0 Å². The number of carbonyl (C=O) groups is 1. The van der Waals surface area contributed by atoms with Crippen molar-refractivity contribution in [2.75, 3.05) is 6.54 Å². The monoisotopic (exact) mass is 421 g/mol. The van der Waals surface area contributed by atoms with Crippen LogP contribution in [0.2, 0.25) is 0 Å². The van der Waals surface area contributed by atoms with E-state index in [4.69, 9.17) is 5.21 Å². The number of rotatable bonds is 4. The normalized spacial score (nSPS) is 14.8. The molecule has 1 N–H and O–H groups in total. The van der Waals surface area contributed by atoms with Gasteiger partial charge in [-0.2, -0.15) is 13.2 Å². The van der Waals surface area contributed by atoms with E-state index in [9.17, 15) is 31.1 Å². The zero-order valence-electron chi connectivity index (χ0n) is 14.5.